The average molecular weight is 333 g/mol. The summed E-state index contributed by atoms with van der Waals surface area (Å²) < 4.78 is 0. The third-order valence-corrected chi connectivity index (χ3v) is 3.96. The second-order valence-electron chi connectivity index (χ2n) is 6.05. The molecule has 0 aliphatic rings. The highest BCUT2D eigenvalue weighted by molar-refractivity contribution is 5.99. The van der Waals surface area contributed by atoms with Gasteiger partial charge in [0.1, 0.15) is 5.92 Å². The van der Waals surface area contributed by atoms with Gasteiger partial charge < -0.3 is 16.0 Å². The Bertz CT molecular complexity index is 582. The van der Waals surface area contributed by atoms with Crippen LogP contribution in [-0.4, -0.2) is 41.8 Å². The second kappa shape index (κ2) is 9.05. The van der Waals surface area contributed by atoms with E-state index < -0.39 is 11.8 Å². The van der Waals surface area contributed by atoms with Crippen LogP contribution in [0.1, 0.15) is 43.6 Å². The fraction of sp³-hybridized carbons (Fsp3) is 0.500. The topological polar surface area (TPSA) is 92.5 Å². The third kappa shape index (κ3) is 5.37. The first-order valence-corrected chi connectivity index (χ1v) is 8.24. The minimum atomic E-state index is -0.832. The van der Waals surface area contributed by atoms with Crippen molar-refractivity contribution in [3.8, 4) is 0 Å². The van der Waals surface area contributed by atoms with E-state index >= 15 is 0 Å². The zero-order valence-corrected chi connectivity index (χ0v) is 14.8. The standard InChI is InChI=1S/C18H27N3O3/c1-5-21(12(2)3)18(24)15-8-6-14(7-9-15)10-11-20-17(23)13(4)16(19)22/h6-9,12-13H,5,10-11H2,1-4H3,(H2,19,22)(H,20,23). The predicted octanol–water partition coefficient (Wildman–Crippen LogP) is 1.34. The number of carbonyl (C=O) groups excluding carboxylic acids is 3. The van der Waals surface area contributed by atoms with Crippen LogP contribution in [0.5, 0.6) is 0 Å². The summed E-state index contributed by atoms with van der Waals surface area (Å²) in [5, 5.41) is 2.68. The van der Waals surface area contributed by atoms with Crippen LogP contribution in [-0.2, 0) is 16.0 Å². The Morgan fingerprint density at radius 3 is 2.17 bits per heavy atom. The lowest BCUT2D eigenvalue weighted by Gasteiger charge is -2.25. The summed E-state index contributed by atoms with van der Waals surface area (Å²) in [6.45, 7) is 8.50. The van der Waals surface area contributed by atoms with Gasteiger partial charge in [-0.3, -0.25) is 14.4 Å². The molecule has 1 atom stereocenters. The molecule has 6 nitrogen and oxygen atoms in total. The predicted molar refractivity (Wildman–Crippen MR) is 93.4 cm³/mol. The smallest absolute Gasteiger partial charge is 0.254 e. The lowest BCUT2D eigenvalue weighted by atomic mass is 10.1. The molecule has 0 aliphatic carbocycles. The Labute approximate surface area is 143 Å². The van der Waals surface area contributed by atoms with E-state index in [4.69, 9.17) is 5.73 Å². The van der Waals surface area contributed by atoms with Crippen molar-refractivity contribution >= 4 is 17.7 Å². The van der Waals surface area contributed by atoms with Crippen molar-refractivity contribution in [3.05, 3.63) is 35.4 Å². The molecule has 0 bridgehead atoms. The summed E-state index contributed by atoms with van der Waals surface area (Å²) in [6, 6.07) is 7.52. The summed E-state index contributed by atoms with van der Waals surface area (Å²) in [5.74, 6) is -1.82. The first-order chi connectivity index (χ1) is 11.3. The summed E-state index contributed by atoms with van der Waals surface area (Å²) in [5.41, 5.74) is 6.75. The molecule has 0 aliphatic heterocycles. The van der Waals surface area contributed by atoms with E-state index in [1.165, 1.54) is 6.92 Å². The first-order valence-electron chi connectivity index (χ1n) is 8.24. The molecule has 0 spiro atoms. The maximum atomic E-state index is 12.4. The number of benzene rings is 1. The number of amides is 3. The van der Waals surface area contributed by atoms with Crippen molar-refractivity contribution in [1.29, 1.82) is 0 Å². The first kappa shape index (κ1) is 19.7. The molecule has 132 valence electrons. The zero-order chi connectivity index (χ0) is 18.3. The van der Waals surface area contributed by atoms with Crippen LogP contribution in [0.2, 0.25) is 0 Å². The Balaban J connectivity index is 2.58. The van der Waals surface area contributed by atoms with E-state index in [0.29, 0.717) is 25.1 Å². The fourth-order valence-corrected chi connectivity index (χ4v) is 2.34. The number of nitrogens with one attached hydrogen (secondary N) is 1. The van der Waals surface area contributed by atoms with Crippen molar-refractivity contribution in [2.24, 2.45) is 11.7 Å². The van der Waals surface area contributed by atoms with Crippen LogP contribution in [0.25, 0.3) is 0 Å². The number of nitrogens with zero attached hydrogens (tertiary/aromatic N) is 1. The summed E-state index contributed by atoms with van der Waals surface area (Å²) in [6.07, 6.45) is 0.618. The fourth-order valence-electron chi connectivity index (χ4n) is 2.34. The van der Waals surface area contributed by atoms with Gasteiger partial charge >= 0.3 is 0 Å². The van der Waals surface area contributed by atoms with E-state index in [1.807, 2.05) is 32.9 Å². The highest BCUT2D eigenvalue weighted by atomic mass is 16.2. The number of carbonyl (C=O) groups is 3. The Kier molecular flexibility index (Phi) is 7.42. The number of hydrogen-bond donors (Lipinski definition) is 2. The minimum absolute atomic E-state index is 0.0163. The van der Waals surface area contributed by atoms with E-state index in [2.05, 4.69) is 5.32 Å². The maximum absolute atomic E-state index is 12.4. The largest absolute Gasteiger partial charge is 0.369 e. The van der Waals surface area contributed by atoms with Crippen LogP contribution < -0.4 is 11.1 Å². The molecule has 24 heavy (non-hydrogen) atoms. The number of primary amides is 1. The van der Waals surface area contributed by atoms with Gasteiger partial charge in [-0.2, -0.15) is 0 Å². The normalized spacial score (nSPS) is 11.9. The van der Waals surface area contributed by atoms with Gasteiger partial charge in [0.05, 0.1) is 0 Å². The Morgan fingerprint density at radius 1 is 1.12 bits per heavy atom. The molecule has 0 fully saturated rings. The highest BCUT2D eigenvalue weighted by Gasteiger charge is 2.18. The van der Waals surface area contributed by atoms with Crippen LogP contribution >= 0.6 is 0 Å². The SMILES string of the molecule is CCN(C(=O)c1ccc(CCNC(=O)C(C)C(N)=O)cc1)C(C)C. The third-order valence-electron chi connectivity index (χ3n) is 3.96. The van der Waals surface area contributed by atoms with Crippen LogP contribution in [0, 0.1) is 5.92 Å². The molecule has 0 heterocycles. The molecule has 3 amide bonds. The van der Waals surface area contributed by atoms with E-state index in [1.54, 1.807) is 17.0 Å². The van der Waals surface area contributed by atoms with Crippen LogP contribution in [0.3, 0.4) is 0 Å². The quantitative estimate of drug-likeness (QED) is 0.703. The molecule has 1 unspecified atom stereocenters. The van der Waals surface area contributed by atoms with E-state index in [9.17, 15) is 14.4 Å². The Hall–Kier alpha value is -2.37. The van der Waals surface area contributed by atoms with Gasteiger partial charge in [-0.15, -0.1) is 0 Å². The second-order valence-corrected chi connectivity index (χ2v) is 6.05. The number of rotatable bonds is 8. The van der Waals surface area contributed by atoms with Gasteiger partial charge in [-0.05, 0) is 51.8 Å². The molecular formula is C18H27N3O3. The molecule has 3 N–H and O–H groups in total. The van der Waals surface area contributed by atoms with Gasteiger partial charge in [0.15, 0.2) is 0 Å². The van der Waals surface area contributed by atoms with Crippen LogP contribution in [0.15, 0.2) is 24.3 Å². The minimum Gasteiger partial charge on any atom is -0.369 e. The molecule has 1 rings (SSSR count). The lowest BCUT2D eigenvalue weighted by Crippen LogP contribution is -2.37. The lowest BCUT2D eigenvalue weighted by molar-refractivity contribution is -0.132. The molecular weight excluding hydrogens is 306 g/mol. The van der Waals surface area contributed by atoms with Crippen molar-refractivity contribution in [2.45, 2.75) is 40.2 Å². The van der Waals surface area contributed by atoms with Gasteiger partial charge in [0, 0.05) is 24.7 Å². The average Bonchev–Trinajstić information content (AvgIpc) is 2.54. The summed E-state index contributed by atoms with van der Waals surface area (Å²) in [4.78, 5) is 36.8. The molecule has 1 aromatic rings. The van der Waals surface area contributed by atoms with Gasteiger partial charge in [0.2, 0.25) is 11.8 Å². The summed E-state index contributed by atoms with van der Waals surface area (Å²) in [7, 11) is 0. The maximum Gasteiger partial charge on any atom is 0.254 e. The molecule has 0 saturated heterocycles. The van der Waals surface area contributed by atoms with Gasteiger partial charge in [-0.25, -0.2) is 0 Å². The zero-order valence-electron chi connectivity index (χ0n) is 14.8. The van der Waals surface area contributed by atoms with Gasteiger partial charge in [-0.1, -0.05) is 12.1 Å². The molecule has 6 heteroatoms. The summed E-state index contributed by atoms with van der Waals surface area (Å²) >= 11 is 0. The number of nitrogens with two attached hydrogens (primary N) is 1. The number of hydrogen-bond acceptors (Lipinski definition) is 3. The molecule has 1 aromatic carbocycles. The van der Waals surface area contributed by atoms with Crippen molar-refractivity contribution in [3.63, 3.8) is 0 Å². The Morgan fingerprint density at radius 2 is 1.71 bits per heavy atom. The molecule has 0 radical (unpaired) electrons. The van der Waals surface area contributed by atoms with Crippen molar-refractivity contribution in [2.75, 3.05) is 13.1 Å². The monoisotopic (exact) mass is 333 g/mol. The van der Waals surface area contributed by atoms with Crippen LogP contribution in [0.4, 0.5) is 0 Å². The van der Waals surface area contributed by atoms with Crippen molar-refractivity contribution in [1.82, 2.24) is 10.2 Å². The highest BCUT2D eigenvalue weighted by Crippen LogP contribution is 2.10. The molecule has 0 saturated carbocycles. The molecule has 0 aromatic heterocycles. The van der Waals surface area contributed by atoms with E-state index in [-0.39, 0.29) is 17.9 Å². The van der Waals surface area contributed by atoms with Gasteiger partial charge in [0.25, 0.3) is 5.91 Å². The van der Waals surface area contributed by atoms with Crippen molar-refractivity contribution < 1.29 is 14.4 Å². The van der Waals surface area contributed by atoms with E-state index in [0.717, 1.165) is 5.56 Å².